The number of amides is 2. The molecule has 5 nitrogen and oxygen atoms in total. The molecule has 1 fully saturated rings. The highest BCUT2D eigenvalue weighted by Crippen LogP contribution is 2.39. The molecule has 6 heteroatoms. The van der Waals surface area contributed by atoms with Crippen LogP contribution in [0.5, 0.6) is 11.5 Å². The van der Waals surface area contributed by atoms with E-state index in [0.717, 1.165) is 44.4 Å². The Balaban J connectivity index is 1.29. The van der Waals surface area contributed by atoms with Gasteiger partial charge in [-0.3, -0.25) is 14.5 Å². The predicted octanol–water partition coefficient (Wildman–Crippen LogP) is 7.82. The van der Waals surface area contributed by atoms with Crippen LogP contribution in [0.25, 0.3) is 27.6 Å². The molecule has 192 valence electrons. The molecule has 0 radical (unpaired) electrons. The molecule has 0 atom stereocenters. The summed E-state index contributed by atoms with van der Waals surface area (Å²) in [7, 11) is 1.59. The van der Waals surface area contributed by atoms with Gasteiger partial charge >= 0.3 is 0 Å². The maximum Gasteiger partial charge on any atom is 0.293 e. The number of imide groups is 1. The summed E-state index contributed by atoms with van der Waals surface area (Å²) >= 11 is 0.942. The summed E-state index contributed by atoms with van der Waals surface area (Å²) in [5.74, 6) is 0.758. The van der Waals surface area contributed by atoms with Crippen LogP contribution in [0.15, 0.2) is 108 Å². The van der Waals surface area contributed by atoms with Crippen LogP contribution in [0.1, 0.15) is 16.7 Å². The molecule has 1 aliphatic rings. The molecule has 0 saturated carbocycles. The van der Waals surface area contributed by atoms with Crippen molar-refractivity contribution in [2.75, 3.05) is 7.11 Å². The second kappa shape index (κ2) is 10.7. The van der Waals surface area contributed by atoms with Gasteiger partial charge in [0.25, 0.3) is 11.1 Å². The Kier molecular flexibility index (Phi) is 6.78. The normalized spacial score (nSPS) is 14.5. The molecule has 0 spiro atoms. The van der Waals surface area contributed by atoms with Crippen molar-refractivity contribution in [1.82, 2.24) is 4.90 Å². The van der Waals surface area contributed by atoms with Crippen molar-refractivity contribution in [3.05, 3.63) is 125 Å². The first-order chi connectivity index (χ1) is 19.1. The lowest BCUT2D eigenvalue weighted by Crippen LogP contribution is -2.27. The third-order valence-corrected chi connectivity index (χ3v) is 7.76. The number of methoxy groups -OCH3 is 1. The lowest BCUT2D eigenvalue weighted by molar-refractivity contribution is -0.123. The van der Waals surface area contributed by atoms with Crippen molar-refractivity contribution >= 4 is 50.5 Å². The van der Waals surface area contributed by atoms with Gasteiger partial charge in [0.15, 0.2) is 11.5 Å². The number of hydrogen-bond acceptors (Lipinski definition) is 5. The van der Waals surface area contributed by atoms with E-state index in [4.69, 9.17) is 9.47 Å². The standard InChI is InChI=1S/C33H25NO4S/c1-37-29-18-8-13-24(31(29)38-21-26-15-7-12-23-10-3-5-17-28(23)26)19-30-32(35)34(33(36)39-30)20-25-14-6-11-22-9-2-4-16-27(22)25/h2-19H,20-21H2,1H3/b30-19-. The van der Waals surface area contributed by atoms with Crippen LogP contribution >= 0.6 is 11.8 Å². The smallest absolute Gasteiger partial charge is 0.293 e. The summed E-state index contributed by atoms with van der Waals surface area (Å²) in [5, 5.41) is 4.06. The topological polar surface area (TPSA) is 55.8 Å². The summed E-state index contributed by atoms with van der Waals surface area (Å²) in [4.78, 5) is 28.0. The van der Waals surface area contributed by atoms with Gasteiger partial charge in [-0.1, -0.05) is 97.1 Å². The van der Waals surface area contributed by atoms with Gasteiger partial charge in [0.2, 0.25) is 0 Å². The zero-order chi connectivity index (χ0) is 26.8. The van der Waals surface area contributed by atoms with Crippen molar-refractivity contribution in [2.45, 2.75) is 13.2 Å². The van der Waals surface area contributed by atoms with Crippen LogP contribution in [0.3, 0.4) is 0 Å². The number of carbonyl (C=O) groups excluding carboxylic acids is 2. The lowest BCUT2D eigenvalue weighted by Gasteiger charge is -2.15. The quantitative estimate of drug-likeness (QED) is 0.200. The number of benzene rings is 5. The summed E-state index contributed by atoms with van der Waals surface area (Å²) < 4.78 is 11.9. The molecule has 2 amide bonds. The van der Waals surface area contributed by atoms with E-state index in [1.807, 2.05) is 84.9 Å². The first kappa shape index (κ1) is 24.8. The fourth-order valence-electron chi connectivity index (χ4n) is 4.91. The van der Waals surface area contributed by atoms with Crippen molar-refractivity contribution < 1.29 is 19.1 Å². The van der Waals surface area contributed by atoms with Crippen LogP contribution in [-0.4, -0.2) is 23.2 Å². The highest BCUT2D eigenvalue weighted by Gasteiger charge is 2.35. The van der Waals surface area contributed by atoms with E-state index in [1.54, 1.807) is 13.2 Å². The van der Waals surface area contributed by atoms with Gasteiger partial charge < -0.3 is 9.47 Å². The molecule has 0 bridgehead atoms. The van der Waals surface area contributed by atoms with Gasteiger partial charge in [-0.2, -0.15) is 0 Å². The molecule has 0 aliphatic carbocycles. The number of ether oxygens (including phenoxy) is 2. The number of thioether (sulfide) groups is 1. The van der Waals surface area contributed by atoms with Crippen molar-refractivity contribution in [3.63, 3.8) is 0 Å². The Morgan fingerprint density at radius 2 is 1.36 bits per heavy atom. The fraction of sp³-hybridized carbons (Fsp3) is 0.0909. The average Bonchev–Trinajstić information content (AvgIpc) is 3.23. The maximum absolute atomic E-state index is 13.4. The fourth-order valence-corrected chi connectivity index (χ4v) is 5.74. The minimum Gasteiger partial charge on any atom is -0.493 e. The zero-order valence-electron chi connectivity index (χ0n) is 21.3. The van der Waals surface area contributed by atoms with Crippen LogP contribution in [-0.2, 0) is 17.9 Å². The Hall–Kier alpha value is -4.55. The van der Waals surface area contributed by atoms with Crippen LogP contribution in [0.2, 0.25) is 0 Å². The molecule has 39 heavy (non-hydrogen) atoms. The monoisotopic (exact) mass is 531 g/mol. The maximum atomic E-state index is 13.4. The minimum absolute atomic E-state index is 0.214. The molecule has 1 saturated heterocycles. The Morgan fingerprint density at radius 3 is 2.08 bits per heavy atom. The van der Waals surface area contributed by atoms with Crippen LogP contribution in [0.4, 0.5) is 4.79 Å². The molecule has 6 rings (SSSR count). The van der Waals surface area contributed by atoms with E-state index in [1.165, 1.54) is 4.90 Å². The first-order valence-electron chi connectivity index (χ1n) is 12.6. The van der Waals surface area contributed by atoms with Gasteiger partial charge in [0, 0.05) is 5.56 Å². The van der Waals surface area contributed by atoms with Crippen LogP contribution < -0.4 is 9.47 Å². The van der Waals surface area contributed by atoms with Crippen molar-refractivity contribution in [1.29, 1.82) is 0 Å². The van der Waals surface area contributed by atoms with E-state index in [-0.39, 0.29) is 17.7 Å². The second-order valence-corrected chi connectivity index (χ2v) is 10.2. The van der Waals surface area contributed by atoms with E-state index in [2.05, 4.69) is 18.2 Å². The predicted molar refractivity (Wildman–Crippen MR) is 157 cm³/mol. The summed E-state index contributed by atoms with van der Waals surface area (Å²) in [5.41, 5.74) is 2.64. The lowest BCUT2D eigenvalue weighted by atomic mass is 10.0. The summed E-state index contributed by atoms with van der Waals surface area (Å²) in [6, 6.07) is 33.7. The number of para-hydroxylation sites is 1. The van der Waals surface area contributed by atoms with Gasteiger partial charge in [0.1, 0.15) is 6.61 Å². The number of rotatable bonds is 7. The van der Waals surface area contributed by atoms with Gasteiger partial charge in [-0.15, -0.1) is 0 Å². The van der Waals surface area contributed by atoms with Crippen LogP contribution in [0, 0.1) is 0 Å². The Bertz CT molecular complexity index is 1750. The van der Waals surface area contributed by atoms with E-state index in [9.17, 15) is 9.59 Å². The second-order valence-electron chi connectivity index (χ2n) is 9.21. The molecular weight excluding hydrogens is 506 g/mol. The number of carbonyl (C=O) groups is 2. The minimum atomic E-state index is -0.319. The zero-order valence-corrected chi connectivity index (χ0v) is 22.1. The average molecular weight is 532 g/mol. The van der Waals surface area contributed by atoms with E-state index >= 15 is 0 Å². The molecule has 0 N–H and O–H groups in total. The third-order valence-electron chi connectivity index (χ3n) is 6.85. The first-order valence-corrected chi connectivity index (χ1v) is 13.4. The van der Waals surface area contributed by atoms with E-state index < -0.39 is 0 Å². The van der Waals surface area contributed by atoms with Gasteiger partial charge in [0.05, 0.1) is 18.6 Å². The Labute approximate surface area is 230 Å². The number of hydrogen-bond donors (Lipinski definition) is 0. The Morgan fingerprint density at radius 1 is 0.744 bits per heavy atom. The molecule has 0 aromatic heterocycles. The van der Waals surface area contributed by atoms with E-state index in [0.29, 0.717) is 28.6 Å². The summed E-state index contributed by atoms with van der Waals surface area (Å²) in [6.45, 7) is 0.539. The molecule has 1 aliphatic heterocycles. The third kappa shape index (κ3) is 4.87. The number of nitrogens with zero attached hydrogens (tertiary/aromatic N) is 1. The highest BCUT2D eigenvalue weighted by atomic mass is 32.2. The summed E-state index contributed by atoms with van der Waals surface area (Å²) in [6.07, 6.45) is 1.72. The molecule has 5 aromatic rings. The van der Waals surface area contributed by atoms with Gasteiger partial charge in [-0.25, -0.2) is 0 Å². The highest BCUT2D eigenvalue weighted by molar-refractivity contribution is 8.18. The molecule has 1 heterocycles. The van der Waals surface area contributed by atoms with Gasteiger partial charge in [-0.05, 0) is 56.6 Å². The van der Waals surface area contributed by atoms with Crippen molar-refractivity contribution in [3.8, 4) is 11.5 Å². The molecule has 5 aromatic carbocycles. The SMILES string of the molecule is COc1cccc(/C=C2\SC(=O)N(Cc3cccc4ccccc34)C2=O)c1OCc1cccc2ccccc12. The number of fused-ring (bicyclic) bond motifs is 2. The molecule has 0 unspecified atom stereocenters. The largest absolute Gasteiger partial charge is 0.493 e. The molecular formula is C33H25NO4S. The van der Waals surface area contributed by atoms with Crippen molar-refractivity contribution in [2.24, 2.45) is 0 Å².